The molecule has 140 valence electrons. The van der Waals surface area contributed by atoms with E-state index in [0.717, 1.165) is 32.6 Å². The van der Waals surface area contributed by atoms with E-state index in [2.05, 4.69) is 9.97 Å². The summed E-state index contributed by atoms with van der Waals surface area (Å²) < 4.78 is 22.9. The Hall–Kier alpha value is -2.45. The average molecular weight is 378 g/mol. The Balaban J connectivity index is 2.01. The second-order valence-corrected chi connectivity index (χ2v) is 9.13. The highest BCUT2D eigenvalue weighted by Crippen LogP contribution is 2.50. The van der Waals surface area contributed by atoms with Crippen LogP contribution in [0.2, 0.25) is 0 Å². The number of aryl methyl sites for hydroxylation is 1. The van der Waals surface area contributed by atoms with Crippen LogP contribution in [0.15, 0.2) is 29.6 Å². The lowest BCUT2D eigenvalue weighted by molar-refractivity contribution is -0.909. The maximum absolute atomic E-state index is 11.1. The maximum Gasteiger partial charge on any atom is 0.251 e. The molecule has 0 spiro atoms. The number of rotatable bonds is 5. The Labute approximate surface area is 153 Å². The summed E-state index contributed by atoms with van der Waals surface area (Å²) in [5.41, 5.74) is 3.75. The Bertz CT molecular complexity index is 969. The molecule has 0 bridgehead atoms. The van der Waals surface area contributed by atoms with E-state index in [9.17, 15) is 9.76 Å². The number of benzene rings is 1. The smallest absolute Gasteiger partial charge is 0.251 e. The standard InChI is InChI=1S/C18H23N3O4S/c1-11-9-21(22)16(12(2)17(11)25-4)10-26(5,23)18-19-14-7-6-13(24-3)8-15(14)20-18/h6-9H,10H2,1-5H3,(H2-,19,20,22,23)/p+1. The first-order valence-electron chi connectivity index (χ1n) is 8.07. The van der Waals surface area contributed by atoms with E-state index in [1.807, 2.05) is 32.0 Å². The molecule has 0 amide bonds. The van der Waals surface area contributed by atoms with Gasteiger partial charge in [-0.15, -0.1) is 0 Å². The lowest BCUT2D eigenvalue weighted by Gasteiger charge is -2.25. The van der Waals surface area contributed by atoms with Gasteiger partial charge in [-0.05, 0) is 32.2 Å². The molecule has 2 aromatic heterocycles. The zero-order valence-corrected chi connectivity index (χ0v) is 16.3. The molecule has 0 radical (unpaired) electrons. The second-order valence-electron chi connectivity index (χ2n) is 6.37. The van der Waals surface area contributed by atoms with Crippen LogP contribution >= 0.6 is 10.3 Å². The minimum Gasteiger partial charge on any atom is -0.497 e. The van der Waals surface area contributed by atoms with E-state index >= 15 is 0 Å². The Morgan fingerprint density at radius 2 is 1.96 bits per heavy atom. The highest BCUT2D eigenvalue weighted by Gasteiger charge is 2.31. The summed E-state index contributed by atoms with van der Waals surface area (Å²) in [5, 5.41) is 10.8. The van der Waals surface area contributed by atoms with Crippen molar-refractivity contribution in [1.29, 1.82) is 0 Å². The number of aromatic nitrogens is 3. The van der Waals surface area contributed by atoms with Crippen molar-refractivity contribution in [2.24, 2.45) is 0 Å². The van der Waals surface area contributed by atoms with Crippen LogP contribution in [0.3, 0.4) is 0 Å². The normalized spacial score (nSPS) is 14.8. The van der Waals surface area contributed by atoms with Gasteiger partial charge in [-0.3, -0.25) is 5.21 Å². The predicted molar refractivity (Wildman–Crippen MR) is 101 cm³/mol. The van der Waals surface area contributed by atoms with Crippen LogP contribution in [-0.2, 0) is 5.75 Å². The van der Waals surface area contributed by atoms with Gasteiger partial charge >= 0.3 is 0 Å². The first-order valence-corrected chi connectivity index (χ1v) is 10.2. The fraction of sp³-hybridized carbons (Fsp3) is 0.333. The van der Waals surface area contributed by atoms with Crippen molar-refractivity contribution >= 4 is 21.3 Å². The molecular formula is C18H24N3O4S+. The van der Waals surface area contributed by atoms with E-state index in [-0.39, 0.29) is 5.75 Å². The van der Waals surface area contributed by atoms with Gasteiger partial charge < -0.3 is 19.0 Å². The SMILES string of the molecule is COc1ccc2nc(S(C)(O)Cc3c(C)c(OC)c(C)c[n+]3O)[nH]c2c1. The lowest BCUT2D eigenvalue weighted by atomic mass is 10.1. The molecule has 3 rings (SSSR count). The summed E-state index contributed by atoms with van der Waals surface area (Å²) in [6.45, 7) is 3.73. The minimum absolute atomic E-state index is 0.239. The monoisotopic (exact) mass is 378 g/mol. The summed E-state index contributed by atoms with van der Waals surface area (Å²) in [6, 6.07) is 5.51. The summed E-state index contributed by atoms with van der Waals surface area (Å²) in [5.74, 6) is 1.66. The van der Waals surface area contributed by atoms with E-state index in [1.165, 1.54) is 0 Å². The zero-order chi connectivity index (χ0) is 19.1. The third-order valence-electron chi connectivity index (χ3n) is 4.43. The van der Waals surface area contributed by atoms with Gasteiger partial charge in [0, 0.05) is 10.8 Å². The first kappa shape index (κ1) is 18.3. The van der Waals surface area contributed by atoms with Crippen LogP contribution < -0.4 is 14.2 Å². The third-order valence-corrected chi connectivity index (χ3v) is 6.29. The van der Waals surface area contributed by atoms with Crippen molar-refractivity contribution in [3.05, 3.63) is 41.2 Å². The van der Waals surface area contributed by atoms with Crippen molar-refractivity contribution in [2.45, 2.75) is 24.8 Å². The molecule has 0 fully saturated rings. The van der Waals surface area contributed by atoms with Crippen LogP contribution in [0.4, 0.5) is 0 Å². The van der Waals surface area contributed by atoms with Crippen LogP contribution in [0.1, 0.15) is 16.8 Å². The van der Waals surface area contributed by atoms with Crippen LogP contribution in [-0.4, -0.2) is 40.2 Å². The topological polar surface area (TPSA) is 91.5 Å². The third kappa shape index (κ3) is 3.17. The molecule has 0 saturated heterocycles. The number of nitrogens with zero attached hydrogens (tertiary/aromatic N) is 2. The number of imidazole rings is 1. The fourth-order valence-corrected chi connectivity index (χ4v) is 4.68. The van der Waals surface area contributed by atoms with Crippen LogP contribution in [0.5, 0.6) is 11.5 Å². The fourth-order valence-electron chi connectivity index (χ4n) is 3.04. The first-order chi connectivity index (χ1) is 12.3. The van der Waals surface area contributed by atoms with E-state index in [1.54, 1.807) is 26.7 Å². The van der Waals surface area contributed by atoms with Gasteiger partial charge in [0.1, 0.15) is 11.5 Å². The minimum atomic E-state index is -2.32. The molecule has 2 heterocycles. The lowest BCUT2D eigenvalue weighted by Crippen LogP contribution is -2.37. The van der Waals surface area contributed by atoms with E-state index < -0.39 is 10.3 Å². The maximum atomic E-state index is 11.1. The van der Waals surface area contributed by atoms with Crippen LogP contribution in [0.25, 0.3) is 11.0 Å². The predicted octanol–water partition coefficient (Wildman–Crippen LogP) is 3.19. The second kappa shape index (κ2) is 6.69. The Morgan fingerprint density at radius 1 is 1.23 bits per heavy atom. The molecule has 1 atom stereocenters. The summed E-state index contributed by atoms with van der Waals surface area (Å²) in [6.07, 6.45) is 3.33. The van der Waals surface area contributed by atoms with Crippen molar-refractivity contribution in [3.63, 3.8) is 0 Å². The van der Waals surface area contributed by atoms with Gasteiger partial charge in [-0.2, -0.15) is 0 Å². The molecule has 0 aliphatic heterocycles. The van der Waals surface area contributed by atoms with Crippen molar-refractivity contribution in [3.8, 4) is 11.5 Å². The number of aromatic amines is 1. The zero-order valence-electron chi connectivity index (χ0n) is 15.5. The Kier molecular flexibility index (Phi) is 4.72. The van der Waals surface area contributed by atoms with Gasteiger partial charge in [0.25, 0.3) is 5.69 Å². The molecule has 0 aliphatic rings. The molecule has 1 aromatic carbocycles. The number of nitrogens with one attached hydrogen (secondary N) is 1. The van der Waals surface area contributed by atoms with Crippen molar-refractivity contribution < 1.29 is 24.0 Å². The highest BCUT2D eigenvalue weighted by atomic mass is 32.3. The molecular weight excluding hydrogens is 354 g/mol. The number of hydrogen-bond donors (Lipinski definition) is 3. The molecule has 0 aliphatic carbocycles. The number of methoxy groups -OCH3 is 2. The van der Waals surface area contributed by atoms with Crippen molar-refractivity contribution in [2.75, 3.05) is 20.5 Å². The summed E-state index contributed by atoms with van der Waals surface area (Å²) in [7, 11) is 0.879. The number of H-pyrrole nitrogens is 1. The van der Waals surface area contributed by atoms with E-state index in [0.29, 0.717) is 16.6 Å². The molecule has 8 heteroatoms. The Morgan fingerprint density at radius 3 is 2.62 bits per heavy atom. The molecule has 7 nitrogen and oxygen atoms in total. The van der Waals surface area contributed by atoms with Crippen LogP contribution in [0, 0.1) is 13.8 Å². The van der Waals surface area contributed by atoms with E-state index in [4.69, 9.17) is 9.47 Å². The molecule has 3 N–H and O–H groups in total. The molecule has 1 unspecified atom stereocenters. The summed E-state index contributed by atoms with van der Waals surface area (Å²) >= 11 is 0. The number of fused-ring (bicyclic) bond motifs is 1. The van der Waals surface area contributed by atoms with Gasteiger partial charge in [0.15, 0.2) is 5.16 Å². The van der Waals surface area contributed by atoms with Gasteiger partial charge in [0.2, 0.25) is 6.20 Å². The molecule has 26 heavy (non-hydrogen) atoms. The van der Waals surface area contributed by atoms with Crippen molar-refractivity contribution in [1.82, 2.24) is 9.97 Å². The quantitative estimate of drug-likeness (QED) is 0.468. The average Bonchev–Trinajstić information content (AvgIpc) is 3.03. The molecule has 0 saturated carbocycles. The number of ether oxygens (including phenoxy) is 2. The summed E-state index contributed by atoms with van der Waals surface area (Å²) in [4.78, 5) is 7.71. The van der Waals surface area contributed by atoms with Gasteiger partial charge in [0.05, 0.1) is 42.1 Å². The largest absolute Gasteiger partial charge is 0.497 e. The van der Waals surface area contributed by atoms with Gasteiger partial charge in [-0.25, -0.2) is 4.98 Å². The highest BCUT2D eigenvalue weighted by molar-refractivity contribution is 8.27. The van der Waals surface area contributed by atoms with Gasteiger partial charge in [-0.1, -0.05) is 10.3 Å². The molecule has 3 aromatic rings. The number of hydrogen-bond acceptors (Lipinski definition) is 5. The number of pyridine rings is 1.